The first-order chi connectivity index (χ1) is 7.32. The zero-order valence-corrected chi connectivity index (χ0v) is 10.6. The summed E-state index contributed by atoms with van der Waals surface area (Å²) in [7, 11) is -3.32. The number of halogens is 1. The first-order valence-electron chi connectivity index (χ1n) is 5.10. The summed E-state index contributed by atoms with van der Waals surface area (Å²) in [6, 6.07) is 4.90. The maximum atomic E-state index is 12.1. The van der Waals surface area contributed by atoms with Gasteiger partial charge in [-0.3, -0.25) is 0 Å². The van der Waals surface area contributed by atoms with Gasteiger partial charge in [0.25, 0.3) is 0 Å². The number of nitrogens with two attached hydrogens (primary N) is 1. The van der Waals surface area contributed by atoms with Crippen molar-refractivity contribution in [1.82, 2.24) is 0 Å². The Morgan fingerprint density at radius 1 is 1.44 bits per heavy atom. The van der Waals surface area contributed by atoms with E-state index in [1.165, 1.54) is 6.07 Å². The van der Waals surface area contributed by atoms with Crippen molar-refractivity contribution in [2.75, 3.05) is 5.75 Å². The van der Waals surface area contributed by atoms with Gasteiger partial charge in [-0.25, -0.2) is 8.42 Å². The SMILES string of the molecule is Cc1ccc(Cl)cc1S(=O)(=O)CC1(N)CC1. The highest BCUT2D eigenvalue weighted by atomic mass is 35.5. The first kappa shape index (κ1) is 11.9. The zero-order valence-electron chi connectivity index (χ0n) is 9.03. The van der Waals surface area contributed by atoms with Crippen molar-refractivity contribution in [3.63, 3.8) is 0 Å². The van der Waals surface area contributed by atoms with Crippen LogP contribution >= 0.6 is 11.6 Å². The summed E-state index contributed by atoms with van der Waals surface area (Å²) in [6.07, 6.45) is 1.57. The molecule has 1 aliphatic rings. The molecule has 0 radical (unpaired) electrons. The number of sulfone groups is 1. The molecule has 0 bridgehead atoms. The summed E-state index contributed by atoms with van der Waals surface area (Å²) >= 11 is 5.81. The molecular formula is C11H14ClNO2S. The van der Waals surface area contributed by atoms with E-state index in [0.717, 1.165) is 12.8 Å². The summed E-state index contributed by atoms with van der Waals surface area (Å²) in [5.41, 5.74) is 6.06. The summed E-state index contributed by atoms with van der Waals surface area (Å²) in [5, 5.41) is 0.436. The third-order valence-corrected chi connectivity index (χ3v) is 5.15. The van der Waals surface area contributed by atoms with Crippen LogP contribution in [0.25, 0.3) is 0 Å². The minimum absolute atomic E-state index is 0.0151. The predicted molar refractivity (Wildman–Crippen MR) is 64.4 cm³/mol. The third-order valence-electron chi connectivity index (χ3n) is 2.85. The van der Waals surface area contributed by atoms with E-state index >= 15 is 0 Å². The molecule has 0 amide bonds. The summed E-state index contributed by atoms with van der Waals surface area (Å²) in [6.45, 7) is 1.76. The highest BCUT2D eigenvalue weighted by Crippen LogP contribution is 2.35. The van der Waals surface area contributed by atoms with Gasteiger partial charge in [-0.1, -0.05) is 17.7 Å². The molecule has 1 saturated carbocycles. The van der Waals surface area contributed by atoms with Gasteiger partial charge in [-0.2, -0.15) is 0 Å². The van der Waals surface area contributed by atoms with E-state index in [1.54, 1.807) is 19.1 Å². The standard InChI is InChI=1S/C11H14ClNO2S/c1-8-2-3-9(12)6-10(8)16(14,15)7-11(13)4-5-11/h2-3,6H,4-5,7,13H2,1H3. The Hall–Kier alpha value is -0.580. The number of hydrogen-bond donors (Lipinski definition) is 1. The van der Waals surface area contributed by atoms with Gasteiger partial charge in [0.15, 0.2) is 9.84 Å². The molecule has 2 N–H and O–H groups in total. The first-order valence-corrected chi connectivity index (χ1v) is 7.13. The van der Waals surface area contributed by atoms with Gasteiger partial charge < -0.3 is 5.73 Å². The second-order valence-electron chi connectivity index (χ2n) is 4.53. The van der Waals surface area contributed by atoms with Crippen LogP contribution < -0.4 is 5.73 Å². The van der Waals surface area contributed by atoms with Crippen LogP contribution in [0.2, 0.25) is 5.02 Å². The van der Waals surface area contributed by atoms with Crippen molar-refractivity contribution >= 4 is 21.4 Å². The molecule has 16 heavy (non-hydrogen) atoms. The molecule has 0 spiro atoms. The van der Waals surface area contributed by atoms with E-state index in [0.29, 0.717) is 15.5 Å². The molecule has 5 heteroatoms. The molecule has 3 nitrogen and oxygen atoms in total. The van der Waals surface area contributed by atoms with Crippen LogP contribution in [0.1, 0.15) is 18.4 Å². The molecule has 0 saturated heterocycles. The lowest BCUT2D eigenvalue weighted by molar-refractivity contribution is 0.585. The maximum Gasteiger partial charge on any atom is 0.180 e. The number of benzene rings is 1. The number of aryl methyl sites for hydroxylation is 1. The topological polar surface area (TPSA) is 60.2 Å². The highest BCUT2D eigenvalue weighted by molar-refractivity contribution is 7.91. The monoisotopic (exact) mass is 259 g/mol. The predicted octanol–water partition coefficient (Wildman–Crippen LogP) is 1.91. The molecule has 0 heterocycles. The molecule has 1 aromatic carbocycles. The second kappa shape index (κ2) is 3.72. The Morgan fingerprint density at radius 3 is 2.62 bits per heavy atom. The molecule has 1 aromatic rings. The minimum Gasteiger partial charge on any atom is -0.324 e. The zero-order chi connectivity index (χ0) is 12.0. The van der Waals surface area contributed by atoms with E-state index in [9.17, 15) is 8.42 Å². The summed E-state index contributed by atoms with van der Waals surface area (Å²) < 4.78 is 24.2. The smallest absolute Gasteiger partial charge is 0.180 e. The Kier molecular flexibility index (Phi) is 2.77. The maximum absolute atomic E-state index is 12.1. The molecule has 0 atom stereocenters. The van der Waals surface area contributed by atoms with Crippen LogP contribution in [0.15, 0.2) is 23.1 Å². The molecule has 0 unspecified atom stereocenters. The van der Waals surface area contributed by atoms with Crippen molar-refractivity contribution in [3.05, 3.63) is 28.8 Å². The van der Waals surface area contributed by atoms with Gasteiger partial charge in [-0.05, 0) is 37.5 Å². The second-order valence-corrected chi connectivity index (χ2v) is 6.93. The van der Waals surface area contributed by atoms with E-state index in [1.807, 2.05) is 0 Å². The quantitative estimate of drug-likeness (QED) is 0.902. The van der Waals surface area contributed by atoms with Crippen LogP contribution in [0.5, 0.6) is 0 Å². The van der Waals surface area contributed by atoms with Crippen molar-refractivity contribution in [2.24, 2.45) is 5.73 Å². The third kappa shape index (κ3) is 2.39. The summed E-state index contributed by atoms with van der Waals surface area (Å²) in [5.74, 6) is 0.0151. The average molecular weight is 260 g/mol. The van der Waals surface area contributed by atoms with Gasteiger partial charge in [0.1, 0.15) is 0 Å². The van der Waals surface area contributed by atoms with Crippen LogP contribution in [-0.2, 0) is 9.84 Å². The lowest BCUT2D eigenvalue weighted by atomic mass is 10.2. The van der Waals surface area contributed by atoms with Crippen molar-refractivity contribution in [1.29, 1.82) is 0 Å². The molecular weight excluding hydrogens is 246 g/mol. The number of rotatable bonds is 3. The highest BCUT2D eigenvalue weighted by Gasteiger charge is 2.43. The Bertz CT molecular complexity index is 521. The van der Waals surface area contributed by atoms with Crippen LogP contribution in [0.4, 0.5) is 0 Å². The van der Waals surface area contributed by atoms with Crippen LogP contribution in [0.3, 0.4) is 0 Å². The van der Waals surface area contributed by atoms with Crippen molar-refractivity contribution in [3.8, 4) is 0 Å². The van der Waals surface area contributed by atoms with E-state index in [2.05, 4.69) is 0 Å². The fourth-order valence-corrected chi connectivity index (χ4v) is 3.97. The molecule has 1 aliphatic carbocycles. The lowest BCUT2D eigenvalue weighted by Crippen LogP contribution is -2.31. The van der Waals surface area contributed by atoms with E-state index in [-0.39, 0.29) is 5.75 Å². The van der Waals surface area contributed by atoms with Gasteiger partial charge in [0.05, 0.1) is 10.6 Å². The minimum atomic E-state index is -3.32. The van der Waals surface area contributed by atoms with Gasteiger partial charge >= 0.3 is 0 Å². The lowest BCUT2D eigenvalue weighted by Gasteiger charge is -2.11. The molecule has 0 aromatic heterocycles. The van der Waals surface area contributed by atoms with E-state index < -0.39 is 15.4 Å². The summed E-state index contributed by atoms with van der Waals surface area (Å²) in [4.78, 5) is 0.303. The van der Waals surface area contributed by atoms with Crippen LogP contribution in [-0.4, -0.2) is 19.7 Å². The normalized spacial score (nSPS) is 18.4. The largest absolute Gasteiger partial charge is 0.324 e. The molecule has 0 aliphatic heterocycles. The van der Waals surface area contributed by atoms with E-state index in [4.69, 9.17) is 17.3 Å². The van der Waals surface area contributed by atoms with Crippen molar-refractivity contribution < 1.29 is 8.42 Å². The van der Waals surface area contributed by atoms with Gasteiger partial charge in [-0.15, -0.1) is 0 Å². The fourth-order valence-electron chi connectivity index (χ4n) is 1.67. The fraction of sp³-hybridized carbons (Fsp3) is 0.455. The molecule has 88 valence electrons. The van der Waals surface area contributed by atoms with Crippen LogP contribution in [0, 0.1) is 6.92 Å². The number of hydrogen-bond acceptors (Lipinski definition) is 3. The van der Waals surface area contributed by atoms with Gasteiger partial charge in [0, 0.05) is 10.6 Å². The Balaban J connectivity index is 2.38. The molecule has 1 fully saturated rings. The Labute approximate surface area is 101 Å². The average Bonchev–Trinajstić information content (AvgIpc) is 2.86. The molecule has 2 rings (SSSR count). The van der Waals surface area contributed by atoms with Gasteiger partial charge in [0.2, 0.25) is 0 Å². The van der Waals surface area contributed by atoms with Crippen molar-refractivity contribution in [2.45, 2.75) is 30.2 Å². The Morgan fingerprint density at radius 2 is 2.06 bits per heavy atom.